The first kappa shape index (κ1) is 20.6. The van der Waals surface area contributed by atoms with Crippen LogP contribution >= 0.6 is 12.4 Å². The molecule has 1 aromatic rings. The summed E-state index contributed by atoms with van der Waals surface area (Å²) in [4.78, 5) is 13.8. The molecule has 1 aromatic carbocycles. The summed E-state index contributed by atoms with van der Waals surface area (Å²) in [5.74, 6) is 0.0170. The minimum absolute atomic E-state index is 0. The van der Waals surface area contributed by atoms with Gasteiger partial charge in [-0.25, -0.2) is 4.39 Å². The highest BCUT2D eigenvalue weighted by molar-refractivity contribution is 5.85. The predicted octanol–water partition coefficient (Wildman–Crippen LogP) is 1.70. The first-order valence-electron chi connectivity index (χ1n) is 6.94. The quantitative estimate of drug-likeness (QED) is 0.746. The zero-order chi connectivity index (χ0) is 15.7. The van der Waals surface area contributed by atoms with Crippen molar-refractivity contribution in [1.29, 1.82) is 0 Å². The topological polar surface area (TPSA) is 64.8 Å². The van der Waals surface area contributed by atoms with Gasteiger partial charge in [0.15, 0.2) is 0 Å². The van der Waals surface area contributed by atoms with Crippen LogP contribution in [0.15, 0.2) is 24.3 Å². The molecule has 0 aromatic heterocycles. The van der Waals surface area contributed by atoms with Crippen molar-refractivity contribution in [2.45, 2.75) is 6.92 Å². The van der Waals surface area contributed by atoms with Gasteiger partial charge in [0.1, 0.15) is 18.2 Å². The summed E-state index contributed by atoms with van der Waals surface area (Å²) in [6, 6.07) is 5.78. The first-order chi connectivity index (χ1) is 10.1. The number of nitrogens with zero attached hydrogens (tertiary/aromatic N) is 1. The number of carbonyl (C=O) groups excluding carboxylic acids is 1. The number of carbonyl (C=O) groups is 1. The Balaban J connectivity index is 0.00000441. The number of ether oxygens (including phenoxy) is 2. The van der Waals surface area contributed by atoms with E-state index in [-0.39, 0.29) is 30.0 Å². The molecular weight excluding hydrogens is 311 g/mol. The van der Waals surface area contributed by atoms with Crippen LogP contribution in [0.5, 0.6) is 5.75 Å². The maximum absolute atomic E-state index is 12.8. The number of amides is 1. The Labute approximate surface area is 137 Å². The maximum Gasteiger partial charge on any atom is 0.226 e. The highest BCUT2D eigenvalue weighted by Crippen LogP contribution is 2.11. The second-order valence-electron chi connectivity index (χ2n) is 4.76. The fraction of sp³-hybridized carbons (Fsp3) is 0.533. The molecule has 1 rings (SSSR count). The van der Waals surface area contributed by atoms with Crippen LogP contribution in [0.4, 0.5) is 4.39 Å². The van der Waals surface area contributed by atoms with E-state index in [0.29, 0.717) is 38.6 Å². The fourth-order valence-electron chi connectivity index (χ4n) is 1.75. The van der Waals surface area contributed by atoms with E-state index >= 15 is 0 Å². The van der Waals surface area contributed by atoms with Crippen molar-refractivity contribution in [1.82, 2.24) is 4.90 Å². The number of hydrogen-bond acceptors (Lipinski definition) is 4. The molecule has 1 unspecified atom stereocenters. The van der Waals surface area contributed by atoms with E-state index in [1.54, 1.807) is 31.1 Å². The van der Waals surface area contributed by atoms with Gasteiger partial charge >= 0.3 is 0 Å². The number of halogens is 2. The van der Waals surface area contributed by atoms with Crippen LogP contribution < -0.4 is 10.5 Å². The van der Waals surface area contributed by atoms with Gasteiger partial charge < -0.3 is 20.1 Å². The summed E-state index contributed by atoms with van der Waals surface area (Å²) < 4.78 is 23.3. The molecule has 1 atom stereocenters. The maximum atomic E-state index is 12.8. The van der Waals surface area contributed by atoms with Crippen molar-refractivity contribution in [3.8, 4) is 5.75 Å². The molecule has 0 bridgehead atoms. The molecule has 0 heterocycles. The Kier molecular flexibility index (Phi) is 10.5. The van der Waals surface area contributed by atoms with Gasteiger partial charge in [-0.15, -0.1) is 12.4 Å². The van der Waals surface area contributed by atoms with Crippen LogP contribution in [0.2, 0.25) is 0 Å². The zero-order valence-electron chi connectivity index (χ0n) is 13.0. The van der Waals surface area contributed by atoms with Gasteiger partial charge in [0.05, 0.1) is 13.2 Å². The van der Waals surface area contributed by atoms with Gasteiger partial charge in [0, 0.05) is 26.1 Å². The normalized spacial score (nSPS) is 11.5. The number of nitrogens with two attached hydrogens (primary N) is 1. The number of hydrogen-bond donors (Lipinski definition) is 1. The van der Waals surface area contributed by atoms with Gasteiger partial charge in [0.2, 0.25) is 5.91 Å². The van der Waals surface area contributed by atoms with Crippen molar-refractivity contribution in [2.75, 3.05) is 40.0 Å². The Morgan fingerprint density at radius 3 is 2.41 bits per heavy atom. The molecule has 2 N–H and O–H groups in total. The third kappa shape index (κ3) is 7.06. The molecule has 0 aliphatic rings. The van der Waals surface area contributed by atoms with Crippen LogP contribution in [0.25, 0.3) is 0 Å². The van der Waals surface area contributed by atoms with Crippen molar-refractivity contribution in [2.24, 2.45) is 11.7 Å². The smallest absolute Gasteiger partial charge is 0.226 e. The molecule has 0 saturated carbocycles. The average molecular weight is 335 g/mol. The lowest BCUT2D eigenvalue weighted by molar-refractivity contribution is -0.135. The lowest BCUT2D eigenvalue weighted by Crippen LogP contribution is -2.42. The molecular formula is C15H24ClFN2O3. The molecule has 7 heteroatoms. The third-order valence-corrected chi connectivity index (χ3v) is 3.10. The molecule has 0 aliphatic heterocycles. The van der Waals surface area contributed by atoms with Crippen LogP contribution in [0.1, 0.15) is 6.92 Å². The molecule has 0 aliphatic carbocycles. The van der Waals surface area contributed by atoms with Crippen molar-refractivity contribution < 1.29 is 18.7 Å². The summed E-state index contributed by atoms with van der Waals surface area (Å²) in [6.07, 6.45) is 0. The van der Waals surface area contributed by atoms with E-state index < -0.39 is 0 Å². The van der Waals surface area contributed by atoms with Crippen LogP contribution in [-0.4, -0.2) is 50.8 Å². The number of methoxy groups -OCH3 is 1. The van der Waals surface area contributed by atoms with Crippen molar-refractivity contribution >= 4 is 18.3 Å². The van der Waals surface area contributed by atoms with E-state index in [4.69, 9.17) is 15.2 Å². The highest BCUT2D eigenvalue weighted by atomic mass is 35.5. The lowest BCUT2D eigenvalue weighted by atomic mass is 10.1. The van der Waals surface area contributed by atoms with E-state index in [2.05, 4.69) is 0 Å². The summed E-state index contributed by atoms with van der Waals surface area (Å²) >= 11 is 0. The Hall–Kier alpha value is -1.37. The van der Waals surface area contributed by atoms with Crippen LogP contribution in [0.3, 0.4) is 0 Å². The van der Waals surface area contributed by atoms with E-state index in [1.807, 2.05) is 0 Å². The Bertz CT molecular complexity index is 431. The molecule has 0 saturated heterocycles. The molecule has 0 spiro atoms. The SMILES string of the molecule is COCCN(CCOc1ccc(F)cc1)C(=O)C(C)CN.Cl. The van der Waals surface area contributed by atoms with Gasteiger partial charge in [0.25, 0.3) is 0 Å². The van der Waals surface area contributed by atoms with Gasteiger partial charge in [-0.05, 0) is 24.3 Å². The van der Waals surface area contributed by atoms with Gasteiger partial charge in [-0.3, -0.25) is 4.79 Å². The summed E-state index contributed by atoms with van der Waals surface area (Å²) in [6.45, 7) is 3.82. The molecule has 5 nitrogen and oxygen atoms in total. The zero-order valence-corrected chi connectivity index (χ0v) is 13.8. The minimum atomic E-state index is -0.309. The second kappa shape index (κ2) is 11.2. The fourth-order valence-corrected chi connectivity index (χ4v) is 1.75. The second-order valence-corrected chi connectivity index (χ2v) is 4.76. The van der Waals surface area contributed by atoms with E-state index in [1.165, 1.54) is 12.1 Å². The van der Waals surface area contributed by atoms with Gasteiger partial charge in [-0.1, -0.05) is 6.92 Å². The van der Waals surface area contributed by atoms with Gasteiger partial charge in [-0.2, -0.15) is 0 Å². The molecule has 0 fully saturated rings. The predicted molar refractivity (Wildman–Crippen MR) is 85.8 cm³/mol. The van der Waals surface area contributed by atoms with Crippen molar-refractivity contribution in [3.63, 3.8) is 0 Å². The minimum Gasteiger partial charge on any atom is -0.492 e. The van der Waals surface area contributed by atoms with E-state index in [0.717, 1.165) is 0 Å². The summed E-state index contributed by atoms with van der Waals surface area (Å²) in [7, 11) is 1.59. The monoisotopic (exact) mass is 334 g/mol. The van der Waals surface area contributed by atoms with Crippen LogP contribution in [0, 0.1) is 11.7 Å². The van der Waals surface area contributed by atoms with E-state index in [9.17, 15) is 9.18 Å². The molecule has 1 amide bonds. The van der Waals surface area contributed by atoms with Crippen molar-refractivity contribution in [3.05, 3.63) is 30.1 Å². The molecule has 0 radical (unpaired) electrons. The van der Waals surface area contributed by atoms with Crippen LogP contribution in [-0.2, 0) is 9.53 Å². The largest absolute Gasteiger partial charge is 0.492 e. The summed E-state index contributed by atoms with van der Waals surface area (Å²) in [5, 5.41) is 0. The lowest BCUT2D eigenvalue weighted by Gasteiger charge is -2.25. The number of benzene rings is 1. The Morgan fingerprint density at radius 2 is 1.86 bits per heavy atom. The number of rotatable bonds is 9. The first-order valence-corrected chi connectivity index (χ1v) is 6.94. The third-order valence-electron chi connectivity index (χ3n) is 3.10. The molecule has 22 heavy (non-hydrogen) atoms. The Morgan fingerprint density at radius 1 is 1.27 bits per heavy atom. The average Bonchev–Trinajstić information content (AvgIpc) is 2.51. The summed E-state index contributed by atoms with van der Waals surface area (Å²) in [5.41, 5.74) is 5.53. The standard InChI is InChI=1S/C15H23FN2O3.ClH/c1-12(11-17)15(19)18(7-9-20-2)8-10-21-14-5-3-13(16)4-6-14;/h3-6,12H,7-11,17H2,1-2H3;1H. The molecule has 126 valence electrons. The highest BCUT2D eigenvalue weighted by Gasteiger charge is 2.19.